The highest BCUT2D eigenvalue weighted by Crippen LogP contribution is 2.37. The molecule has 10 nitrogen and oxygen atoms in total. The van der Waals surface area contributed by atoms with Crippen molar-refractivity contribution in [3.63, 3.8) is 0 Å². The van der Waals surface area contributed by atoms with Crippen molar-refractivity contribution in [1.29, 1.82) is 0 Å². The zero-order chi connectivity index (χ0) is 22.4. The highest BCUT2D eigenvalue weighted by Gasteiger charge is 2.39. The minimum atomic E-state index is -1.08. The Morgan fingerprint density at radius 1 is 1.41 bits per heavy atom. The van der Waals surface area contributed by atoms with E-state index < -0.39 is 18.1 Å². The number of aliphatic imine (C=N–C) groups is 1. The van der Waals surface area contributed by atoms with Gasteiger partial charge in [0, 0.05) is 32.0 Å². The van der Waals surface area contributed by atoms with Crippen molar-refractivity contribution in [3.05, 3.63) is 46.5 Å². The Hall–Kier alpha value is -3.47. The van der Waals surface area contributed by atoms with Crippen LogP contribution in [-0.4, -0.2) is 57.5 Å². The molecule has 168 valence electrons. The fourth-order valence-corrected chi connectivity index (χ4v) is 3.87. The number of aromatic nitrogens is 4. The standard InChI is InChI=1S/C21H24FN7O3/c1-23-18-9-17(25-14-4-3-7-28(21(14)31)15-8-16(15)32-2)27-19-11(10-24-29(18)19)20(30)26-13-6-5-12(13)22/h3-4,7,9-10,12-13,15-16,23H,5-6,8H2,1-2H3,(H,25,27)(H,26,30)/p-1/t12-,13?,15+,16+/m1/s1. The number of halogens is 1. The lowest BCUT2D eigenvalue weighted by atomic mass is 9.91. The van der Waals surface area contributed by atoms with Gasteiger partial charge in [0.05, 0.1) is 24.4 Å². The van der Waals surface area contributed by atoms with E-state index in [1.165, 1.54) is 10.7 Å². The third-order valence-electron chi connectivity index (χ3n) is 5.99. The Balaban J connectivity index is 1.50. The van der Waals surface area contributed by atoms with Gasteiger partial charge in [-0.3, -0.25) is 9.79 Å². The fourth-order valence-electron chi connectivity index (χ4n) is 3.87. The topological polar surface area (TPSA) is 121 Å². The minimum absolute atomic E-state index is 0.0176. The van der Waals surface area contributed by atoms with Crippen molar-refractivity contribution < 1.29 is 14.2 Å². The lowest BCUT2D eigenvalue weighted by Gasteiger charge is -2.28. The normalized spacial score (nSPS) is 24.9. The Bertz CT molecular complexity index is 1250. The largest absolute Gasteiger partial charge is 0.858 e. The third kappa shape index (κ3) is 3.48. The Kier molecular flexibility index (Phi) is 5.04. The summed E-state index contributed by atoms with van der Waals surface area (Å²) in [6.07, 6.45) is 3.84. The van der Waals surface area contributed by atoms with Gasteiger partial charge in [0.15, 0.2) is 5.65 Å². The molecule has 11 heteroatoms. The molecule has 0 aromatic carbocycles. The second-order valence-electron chi connectivity index (χ2n) is 8.00. The van der Waals surface area contributed by atoms with Crippen molar-refractivity contribution in [2.45, 2.75) is 43.6 Å². The van der Waals surface area contributed by atoms with Crippen molar-refractivity contribution in [3.8, 4) is 0 Å². The second kappa shape index (κ2) is 7.90. The van der Waals surface area contributed by atoms with Gasteiger partial charge < -0.3 is 25.0 Å². The summed E-state index contributed by atoms with van der Waals surface area (Å²) in [7, 11) is 3.34. The van der Waals surface area contributed by atoms with Crippen molar-refractivity contribution in [1.82, 2.24) is 19.2 Å². The molecule has 4 atom stereocenters. The molecule has 0 amide bonds. The molecule has 2 aliphatic rings. The maximum Gasteiger partial charge on any atom is 0.274 e. The van der Waals surface area contributed by atoms with Crippen LogP contribution in [0.2, 0.25) is 0 Å². The Labute approximate surface area is 182 Å². The van der Waals surface area contributed by atoms with Gasteiger partial charge >= 0.3 is 0 Å². The van der Waals surface area contributed by atoms with Gasteiger partial charge in [-0.25, -0.2) is 9.37 Å². The number of pyridine rings is 1. The van der Waals surface area contributed by atoms with Crippen LogP contribution in [-0.2, 0) is 4.74 Å². The number of anilines is 3. The average molecular weight is 440 g/mol. The zero-order valence-electron chi connectivity index (χ0n) is 17.7. The van der Waals surface area contributed by atoms with Crippen molar-refractivity contribution in [2.75, 3.05) is 24.8 Å². The fraction of sp³-hybridized carbons (Fsp3) is 0.429. The lowest BCUT2D eigenvalue weighted by molar-refractivity contribution is -0.213. The van der Waals surface area contributed by atoms with Gasteiger partial charge in [-0.05, 0) is 37.3 Å². The van der Waals surface area contributed by atoms with Gasteiger partial charge in [0.2, 0.25) is 0 Å². The maximum atomic E-state index is 13.6. The first-order valence-electron chi connectivity index (χ1n) is 10.5. The lowest BCUT2D eigenvalue weighted by Crippen LogP contribution is -2.34. The zero-order valence-corrected chi connectivity index (χ0v) is 17.7. The molecule has 0 spiro atoms. The van der Waals surface area contributed by atoms with Crippen LogP contribution in [0.15, 0.2) is 40.4 Å². The summed E-state index contributed by atoms with van der Waals surface area (Å²) in [5, 5.41) is 22.9. The van der Waals surface area contributed by atoms with Crippen LogP contribution in [0.25, 0.3) is 5.65 Å². The Morgan fingerprint density at radius 2 is 2.25 bits per heavy atom. The number of fused-ring (bicyclic) bond motifs is 1. The number of hydrogen-bond donors (Lipinski definition) is 2. The van der Waals surface area contributed by atoms with E-state index in [4.69, 9.17) is 4.74 Å². The highest BCUT2D eigenvalue weighted by molar-refractivity contribution is 5.97. The first kappa shape index (κ1) is 20.4. The first-order chi connectivity index (χ1) is 15.5. The summed E-state index contributed by atoms with van der Waals surface area (Å²) in [5.74, 6) is 0.360. The summed E-state index contributed by atoms with van der Waals surface area (Å²) in [6.45, 7) is 0. The first-order valence-corrected chi connectivity index (χ1v) is 10.5. The molecule has 0 radical (unpaired) electrons. The summed E-state index contributed by atoms with van der Waals surface area (Å²) in [5.41, 5.74) is 0.597. The van der Waals surface area contributed by atoms with E-state index in [1.54, 1.807) is 43.1 Å². The molecule has 2 saturated carbocycles. The number of alkyl halides is 1. The number of nitrogens with zero attached hydrogens (tertiary/aromatic N) is 5. The summed E-state index contributed by atoms with van der Waals surface area (Å²) < 4.78 is 22.0. The Morgan fingerprint density at radius 3 is 2.91 bits per heavy atom. The molecule has 3 heterocycles. The molecular formula is C21H23FN7O3-. The van der Waals surface area contributed by atoms with Gasteiger partial charge in [0.25, 0.3) is 5.56 Å². The molecule has 5 rings (SSSR count). The predicted molar refractivity (Wildman–Crippen MR) is 115 cm³/mol. The molecular weight excluding hydrogens is 417 g/mol. The number of nitrogens with one attached hydrogen (secondary N) is 2. The quantitative estimate of drug-likeness (QED) is 0.419. The predicted octanol–water partition coefficient (Wildman–Crippen LogP) is 1.24. The summed E-state index contributed by atoms with van der Waals surface area (Å²) in [4.78, 5) is 21.4. The van der Waals surface area contributed by atoms with E-state index in [9.17, 15) is 14.3 Å². The van der Waals surface area contributed by atoms with Gasteiger partial charge in [-0.1, -0.05) is 0 Å². The smallest absolute Gasteiger partial charge is 0.274 e. The molecule has 2 N–H and O–H groups in total. The molecule has 3 aromatic rings. The molecule has 0 aliphatic heterocycles. The highest BCUT2D eigenvalue weighted by atomic mass is 19.1. The number of rotatable bonds is 7. The van der Waals surface area contributed by atoms with E-state index in [-0.39, 0.29) is 28.9 Å². The van der Waals surface area contributed by atoms with Gasteiger partial charge in [-0.2, -0.15) is 9.61 Å². The summed E-state index contributed by atoms with van der Waals surface area (Å²) >= 11 is 0. The van der Waals surface area contributed by atoms with Crippen LogP contribution in [0.3, 0.4) is 0 Å². The van der Waals surface area contributed by atoms with Crippen LogP contribution in [0.4, 0.5) is 21.7 Å². The number of methoxy groups -OCH3 is 1. The van der Waals surface area contributed by atoms with Gasteiger partial charge in [-0.15, -0.1) is 0 Å². The average Bonchev–Trinajstić information content (AvgIpc) is 3.46. The number of ether oxygens (including phenoxy) is 1. The van der Waals surface area contributed by atoms with Crippen LogP contribution in [0, 0.1) is 0 Å². The van der Waals surface area contributed by atoms with Crippen molar-refractivity contribution in [2.24, 2.45) is 4.99 Å². The van der Waals surface area contributed by atoms with E-state index in [1.807, 2.05) is 0 Å². The maximum absolute atomic E-state index is 13.6. The van der Waals surface area contributed by atoms with E-state index in [2.05, 4.69) is 25.7 Å². The van der Waals surface area contributed by atoms with Crippen LogP contribution < -0.4 is 21.3 Å². The minimum Gasteiger partial charge on any atom is -0.858 e. The SMILES string of the molecule is CNc1cc(Nc2cccn([C@H]3C[C@@H]3OC)c2=O)nc2c(C([O-])=NC3CC[C@H]3F)cnn12. The molecule has 1 unspecified atom stereocenters. The number of hydrogen-bond acceptors (Lipinski definition) is 8. The van der Waals surface area contributed by atoms with Gasteiger partial charge in [0.1, 0.15) is 23.5 Å². The molecule has 3 aromatic heterocycles. The molecule has 32 heavy (non-hydrogen) atoms. The third-order valence-corrected chi connectivity index (χ3v) is 5.99. The molecule has 0 bridgehead atoms. The van der Waals surface area contributed by atoms with Crippen molar-refractivity contribution >= 4 is 28.9 Å². The van der Waals surface area contributed by atoms with Crippen LogP contribution >= 0.6 is 0 Å². The van der Waals surface area contributed by atoms with Crippen LogP contribution in [0.5, 0.6) is 0 Å². The summed E-state index contributed by atoms with van der Waals surface area (Å²) in [6, 6.07) is 4.54. The second-order valence-corrected chi connectivity index (χ2v) is 8.00. The van der Waals surface area contributed by atoms with E-state index in [0.717, 1.165) is 6.42 Å². The van der Waals surface area contributed by atoms with E-state index >= 15 is 0 Å². The molecule has 2 aliphatic carbocycles. The molecule has 2 fully saturated rings. The molecule has 0 saturated heterocycles. The monoisotopic (exact) mass is 440 g/mol. The van der Waals surface area contributed by atoms with Crippen LogP contribution in [0.1, 0.15) is 30.9 Å². The van der Waals surface area contributed by atoms with E-state index in [0.29, 0.717) is 30.2 Å².